The molecule has 0 saturated heterocycles. The molecule has 7 nitrogen and oxygen atoms in total. The zero-order valence-corrected chi connectivity index (χ0v) is 15.1. The minimum atomic E-state index is -4.65. The average Bonchev–Trinajstić information content (AvgIpc) is 2.59. The minimum Gasteiger partial charge on any atom is -0.481 e. The van der Waals surface area contributed by atoms with Crippen molar-refractivity contribution in [1.29, 1.82) is 0 Å². The van der Waals surface area contributed by atoms with Gasteiger partial charge in [0.05, 0.1) is 11.3 Å². The summed E-state index contributed by atoms with van der Waals surface area (Å²) in [6.07, 6.45) is -4.72. The van der Waals surface area contributed by atoms with Crippen LogP contribution in [-0.4, -0.2) is 32.8 Å². The number of carbonyl (C=O) groups is 2. The first-order valence-corrected chi connectivity index (χ1v) is 8.31. The molecule has 1 aromatic carbocycles. The van der Waals surface area contributed by atoms with Crippen LogP contribution in [0, 0.1) is 6.92 Å². The molecule has 1 unspecified atom stereocenters. The number of hydrogen-bond donors (Lipinski definition) is 2. The van der Waals surface area contributed by atoms with Crippen molar-refractivity contribution in [2.45, 2.75) is 38.9 Å². The van der Waals surface area contributed by atoms with Gasteiger partial charge in [-0.2, -0.15) is 18.3 Å². The van der Waals surface area contributed by atoms with Gasteiger partial charge < -0.3 is 10.4 Å². The number of carbonyl (C=O) groups excluding carboxylic acids is 1. The van der Waals surface area contributed by atoms with Crippen LogP contribution in [0.5, 0.6) is 0 Å². The number of para-hydroxylation sites is 1. The van der Waals surface area contributed by atoms with Gasteiger partial charge in [0.2, 0.25) is 5.43 Å². The molecule has 0 aliphatic carbocycles. The Morgan fingerprint density at radius 1 is 1.29 bits per heavy atom. The van der Waals surface area contributed by atoms with E-state index in [1.165, 1.54) is 25.1 Å². The van der Waals surface area contributed by atoms with E-state index >= 15 is 0 Å². The predicted molar refractivity (Wildman–Crippen MR) is 93.4 cm³/mol. The molecular weight excluding hydrogens is 379 g/mol. The molecule has 10 heteroatoms. The van der Waals surface area contributed by atoms with E-state index in [4.69, 9.17) is 5.11 Å². The van der Waals surface area contributed by atoms with Crippen LogP contribution in [-0.2, 0) is 11.0 Å². The molecule has 0 spiro atoms. The van der Waals surface area contributed by atoms with Crippen LogP contribution in [0.15, 0.2) is 35.1 Å². The van der Waals surface area contributed by atoms with Crippen molar-refractivity contribution in [1.82, 2.24) is 15.1 Å². The Morgan fingerprint density at radius 2 is 1.93 bits per heavy atom. The number of hydrogen-bond acceptors (Lipinski definition) is 4. The highest BCUT2D eigenvalue weighted by Gasteiger charge is 2.34. The maximum absolute atomic E-state index is 13.3. The van der Waals surface area contributed by atoms with E-state index in [0.717, 1.165) is 16.8 Å². The third kappa shape index (κ3) is 4.96. The second kappa shape index (κ2) is 8.24. The minimum absolute atomic E-state index is 0.122. The van der Waals surface area contributed by atoms with E-state index in [2.05, 4.69) is 10.4 Å². The summed E-state index contributed by atoms with van der Waals surface area (Å²) in [7, 11) is 0. The van der Waals surface area contributed by atoms with Crippen LogP contribution in [0.2, 0.25) is 0 Å². The third-order valence-corrected chi connectivity index (χ3v) is 3.93. The van der Waals surface area contributed by atoms with Gasteiger partial charge in [-0.1, -0.05) is 12.1 Å². The largest absolute Gasteiger partial charge is 0.481 e. The van der Waals surface area contributed by atoms with E-state index in [-0.39, 0.29) is 24.2 Å². The lowest BCUT2D eigenvalue weighted by Crippen LogP contribution is -2.37. The molecule has 2 N–H and O–H groups in total. The Kier molecular flexibility index (Phi) is 6.22. The quantitative estimate of drug-likeness (QED) is 0.780. The first kappa shape index (κ1) is 21.1. The molecule has 0 radical (unpaired) electrons. The van der Waals surface area contributed by atoms with E-state index in [0.29, 0.717) is 0 Å². The molecule has 1 heterocycles. The van der Waals surface area contributed by atoms with Crippen molar-refractivity contribution in [3.63, 3.8) is 0 Å². The fourth-order valence-corrected chi connectivity index (χ4v) is 2.55. The smallest absolute Gasteiger partial charge is 0.418 e. The topological polar surface area (TPSA) is 101 Å². The van der Waals surface area contributed by atoms with Crippen molar-refractivity contribution in [3.8, 4) is 5.69 Å². The summed E-state index contributed by atoms with van der Waals surface area (Å²) in [6, 6.07) is 5.13. The van der Waals surface area contributed by atoms with Gasteiger partial charge in [0, 0.05) is 24.2 Å². The number of amides is 1. The zero-order chi connectivity index (χ0) is 21.1. The molecule has 0 saturated carbocycles. The number of nitrogens with zero attached hydrogens (tertiary/aromatic N) is 2. The molecule has 2 aromatic rings. The molecule has 150 valence electrons. The van der Waals surface area contributed by atoms with Crippen LogP contribution >= 0.6 is 0 Å². The van der Waals surface area contributed by atoms with Crippen LogP contribution in [0.1, 0.15) is 41.5 Å². The van der Waals surface area contributed by atoms with Gasteiger partial charge >= 0.3 is 12.1 Å². The number of carboxylic acid groups (broad SMARTS) is 1. The average molecular weight is 397 g/mol. The summed E-state index contributed by atoms with van der Waals surface area (Å²) >= 11 is 0. The summed E-state index contributed by atoms with van der Waals surface area (Å²) in [6.45, 7) is 2.95. The van der Waals surface area contributed by atoms with Crippen molar-refractivity contribution >= 4 is 11.9 Å². The van der Waals surface area contributed by atoms with E-state index in [1.54, 1.807) is 6.92 Å². The van der Waals surface area contributed by atoms with Crippen LogP contribution < -0.4 is 10.7 Å². The number of aryl methyl sites for hydroxylation is 1. The molecule has 0 aliphatic rings. The number of halogens is 3. The molecule has 0 aliphatic heterocycles. The Bertz CT molecular complexity index is 954. The second-order valence-corrected chi connectivity index (χ2v) is 6.23. The Balaban J connectivity index is 2.43. The van der Waals surface area contributed by atoms with Crippen LogP contribution in [0.3, 0.4) is 0 Å². The Morgan fingerprint density at radius 3 is 2.54 bits per heavy atom. The van der Waals surface area contributed by atoms with Crippen molar-refractivity contribution in [2.75, 3.05) is 0 Å². The summed E-state index contributed by atoms with van der Waals surface area (Å²) in [5.74, 6) is -1.93. The predicted octanol–water partition coefficient (Wildman–Crippen LogP) is 2.54. The molecule has 0 fully saturated rings. The highest BCUT2D eigenvalue weighted by Crippen LogP contribution is 2.33. The number of aromatic nitrogens is 2. The number of aliphatic carboxylic acids is 1. The third-order valence-electron chi connectivity index (χ3n) is 3.93. The summed E-state index contributed by atoms with van der Waals surface area (Å²) in [5, 5.41) is 14.9. The summed E-state index contributed by atoms with van der Waals surface area (Å²) < 4.78 is 40.8. The number of nitrogens with one attached hydrogen (secondary N) is 1. The maximum atomic E-state index is 13.3. The number of alkyl halides is 3. The highest BCUT2D eigenvalue weighted by atomic mass is 19.4. The van der Waals surface area contributed by atoms with Crippen LogP contribution in [0.25, 0.3) is 5.69 Å². The van der Waals surface area contributed by atoms with E-state index in [1.807, 2.05) is 0 Å². The van der Waals surface area contributed by atoms with Crippen molar-refractivity contribution < 1.29 is 27.9 Å². The van der Waals surface area contributed by atoms with E-state index in [9.17, 15) is 27.6 Å². The molecule has 1 atom stereocenters. The fraction of sp³-hybridized carbons (Fsp3) is 0.333. The number of carboxylic acids is 1. The number of benzene rings is 1. The summed E-state index contributed by atoms with van der Waals surface area (Å²) in [4.78, 5) is 35.1. The van der Waals surface area contributed by atoms with Crippen molar-refractivity contribution in [2.24, 2.45) is 0 Å². The fourth-order valence-electron chi connectivity index (χ4n) is 2.55. The molecule has 1 aromatic heterocycles. The first-order chi connectivity index (χ1) is 13.0. The monoisotopic (exact) mass is 397 g/mol. The van der Waals surface area contributed by atoms with Gasteiger partial charge in [-0.05, 0) is 32.4 Å². The zero-order valence-electron chi connectivity index (χ0n) is 15.1. The lowest BCUT2D eigenvalue weighted by atomic mass is 10.1. The van der Waals surface area contributed by atoms with Gasteiger partial charge in [0.25, 0.3) is 5.91 Å². The first-order valence-electron chi connectivity index (χ1n) is 8.31. The van der Waals surface area contributed by atoms with Gasteiger partial charge in [0.15, 0.2) is 5.69 Å². The molecular formula is C18H18F3N3O4. The lowest BCUT2D eigenvalue weighted by molar-refractivity contribution is -0.138. The normalized spacial score (nSPS) is 12.5. The van der Waals surface area contributed by atoms with Gasteiger partial charge in [0.1, 0.15) is 0 Å². The Hall–Kier alpha value is -3.17. The maximum Gasteiger partial charge on any atom is 0.418 e. The van der Waals surface area contributed by atoms with Gasteiger partial charge in [-0.3, -0.25) is 14.4 Å². The standard InChI is InChI=1S/C18H18F3N3O4/c1-10(7-8-15(26)27)22-17(28)16-14(25)9-11(2)24(23-16)13-6-4-3-5-12(13)18(19,20)21/h3-6,9-10H,7-8H2,1-2H3,(H,22,28)(H,26,27). The van der Waals surface area contributed by atoms with E-state index < -0.39 is 40.8 Å². The Labute approximate surface area is 157 Å². The number of rotatable bonds is 6. The molecule has 2 rings (SSSR count). The van der Waals surface area contributed by atoms with Gasteiger partial charge in [-0.15, -0.1) is 0 Å². The SMILES string of the molecule is Cc1cc(=O)c(C(=O)NC(C)CCC(=O)O)nn1-c1ccccc1C(F)(F)F. The lowest BCUT2D eigenvalue weighted by Gasteiger charge is -2.17. The van der Waals surface area contributed by atoms with Crippen molar-refractivity contribution in [3.05, 3.63) is 57.5 Å². The van der Waals surface area contributed by atoms with Crippen LogP contribution in [0.4, 0.5) is 13.2 Å². The highest BCUT2D eigenvalue weighted by molar-refractivity contribution is 5.92. The summed E-state index contributed by atoms with van der Waals surface area (Å²) in [5.41, 5.74) is -2.49. The molecule has 1 amide bonds. The molecule has 28 heavy (non-hydrogen) atoms. The van der Waals surface area contributed by atoms with Gasteiger partial charge in [-0.25, -0.2) is 4.68 Å². The molecule has 0 bridgehead atoms. The second-order valence-electron chi connectivity index (χ2n) is 6.23.